The minimum absolute atomic E-state index is 0.0824. The van der Waals surface area contributed by atoms with E-state index in [9.17, 15) is 0 Å². The van der Waals surface area contributed by atoms with Gasteiger partial charge >= 0.3 is 0 Å². The third-order valence-corrected chi connectivity index (χ3v) is 6.01. The van der Waals surface area contributed by atoms with E-state index in [0.717, 1.165) is 11.3 Å². The first-order valence-corrected chi connectivity index (χ1v) is 9.60. The van der Waals surface area contributed by atoms with Crippen LogP contribution in [0.15, 0.2) is 67.3 Å². The molecule has 5 nitrogen and oxygen atoms in total. The summed E-state index contributed by atoms with van der Waals surface area (Å²) in [5.41, 5.74) is 4.00. The molecule has 0 bridgehead atoms. The van der Waals surface area contributed by atoms with Crippen molar-refractivity contribution < 1.29 is 0 Å². The van der Waals surface area contributed by atoms with E-state index in [1.165, 1.54) is 26.1 Å². The Morgan fingerprint density at radius 2 is 1.78 bits per heavy atom. The monoisotopic (exact) mass is 371 g/mol. The number of H-pyrrole nitrogens is 1. The number of benzene rings is 2. The molecule has 6 heteroatoms. The number of anilines is 1. The van der Waals surface area contributed by atoms with Gasteiger partial charge in [0.25, 0.3) is 0 Å². The van der Waals surface area contributed by atoms with Crippen molar-refractivity contribution in [3.05, 3.63) is 72.1 Å². The molecule has 3 aromatic heterocycles. The fourth-order valence-electron chi connectivity index (χ4n) is 3.42. The van der Waals surface area contributed by atoms with Crippen molar-refractivity contribution in [2.24, 2.45) is 0 Å². The standard InChI is InChI=1S/C21H17N5S/c1-13(26-21-18-20(23-11-22-18)24-12-25-21)19-17(14-7-3-2-4-8-14)15-9-5-6-10-16(15)27-19/h2-13H,1H3,(H2,22,23,24,25,26). The number of hydrogen-bond acceptors (Lipinski definition) is 5. The van der Waals surface area contributed by atoms with Crippen molar-refractivity contribution in [2.45, 2.75) is 13.0 Å². The van der Waals surface area contributed by atoms with Crippen molar-refractivity contribution in [1.29, 1.82) is 0 Å². The summed E-state index contributed by atoms with van der Waals surface area (Å²) in [6.45, 7) is 2.17. The van der Waals surface area contributed by atoms with Gasteiger partial charge in [0.05, 0.1) is 12.4 Å². The predicted octanol–water partition coefficient (Wildman–Crippen LogP) is 5.41. The van der Waals surface area contributed by atoms with Gasteiger partial charge in [-0.15, -0.1) is 11.3 Å². The second-order valence-electron chi connectivity index (χ2n) is 6.39. The quantitative estimate of drug-likeness (QED) is 0.443. The second-order valence-corrected chi connectivity index (χ2v) is 7.48. The third-order valence-electron chi connectivity index (χ3n) is 4.65. The fraction of sp³-hybridized carbons (Fsp3) is 0.0952. The zero-order valence-electron chi connectivity index (χ0n) is 14.7. The van der Waals surface area contributed by atoms with Crippen LogP contribution >= 0.6 is 11.3 Å². The first-order chi connectivity index (χ1) is 13.3. The van der Waals surface area contributed by atoms with Crippen LogP contribution in [0.1, 0.15) is 17.8 Å². The van der Waals surface area contributed by atoms with E-state index in [2.05, 4.69) is 86.8 Å². The average Bonchev–Trinajstić information content (AvgIpc) is 3.34. The maximum Gasteiger partial charge on any atom is 0.182 e. The SMILES string of the molecule is CC(Nc1ncnc2nc[nH]c12)c1sc2ccccc2c1-c1ccccc1. The summed E-state index contributed by atoms with van der Waals surface area (Å²) in [5.74, 6) is 0.765. The number of nitrogens with one attached hydrogen (secondary N) is 2. The van der Waals surface area contributed by atoms with Crippen molar-refractivity contribution >= 4 is 38.4 Å². The van der Waals surface area contributed by atoms with E-state index >= 15 is 0 Å². The predicted molar refractivity (Wildman–Crippen MR) is 111 cm³/mol. The Morgan fingerprint density at radius 1 is 0.963 bits per heavy atom. The molecule has 1 atom stereocenters. The minimum Gasteiger partial charge on any atom is -0.361 e. The van der Waals surface area contributed by atoms with Gasteiger partial charge in [0.15, 0.2) is 11.5 Å². The first kappa shape index (κ1) is 16.0. The van der Waals surface area contributed by atoms with E-state index in [4.69, 9.17) is 0 Å². The van der Waals surface area contributed by atoms with Gasteiger partial charge in [-0.3, -0.25) is 0 Å². The molecule has 0 amide bonds. The largest absolute Gasteiger partial charge is 0.361 e. The lowest BCUT2D eigenvalue weighted by atomic mass is 9.99. The van der Waals surface area contributed by atoms with Crippen LogP contribution in [0, 0.1) is 0 Å². The lowest BCUT2D eigenvalue weighted by Gasteiger charge is -2.16. The molecule has 0 aliphatic heterocycles. The van der Waals surface area contributed by atoms with Gasteiger partial charge in [0.2, 0.25) is 0 Å². The molecule has 0 radical (unpaired) electrons. The van der Waals surface area contributed by atoms with Gasteiger partial charge in [0.1, 0.15) is 11.8 Å². The summed E-state index contributed by atoms with van der Waals surface area (Å²) >= 11 is 1.82. The third kappa shape index (κ3) is 2.74. The van der Waals surface area contributed by atoms with Crippen molar-refractivity contribution in [3.63, 3.8) is 0 Å². The molecule has 3 heterocycles. The minimum atomic E-state index is 0.0824. The van der Waals surface area contributed by atoms with Gasteiger partial charge in [-0.1, -0.05) is 48.5 Å². The summed E-state index contributed by atoms with van der Waals surface area (Å²) in [6.07, 6.45) is 3.19. The summed E-state index contributed by atoms with van der Waals surface area (Å²) in [6, 6.07) is 19.2. The molecule has 2 aromatic carbocycles. The summed E-state index contributed by atoms with van der Waals surface area (Å²) in [4.78, 5) is 17.2. The molecular weight excluding hydrogens is 354 g/mol. The lowest BCUT2D eigenvalue weighted by molar-refractivity contribution is 0.899. The Kier molecular flexibility index (Phi) is 3.83. The Balaban J connectivity index is 1.63. The smallest absolute Gasteiger partial charge is 0.182 e. The van der Waals surface area contributed by atoms with Crippen molar-refractivity contribution in [1.82, 2.24) is 19.9 Å². The fourth-order valence-corrected chi connectivity index (χ4v) is 4.65. The zero-order chi connectivity index (χ0) is 18.2. The van der Waals surface area contributed by atoms with Crippen LogP contribution in [0.4, 0.5) is 5.82 Å². The van der Waals surface area contributed by atoms with Gasteiger partial charge in [-0.2, -0.15) is 0 Å². The molecule has 5 rings (SSSR count). The van der Waals surface area contributed by atoms with Crippen LogP contribution in [0.5, 0.6) is 0 Å². The van der Waals surface area contributed by atoms with Crippen LogP contribution in [0.3, 0.4) is 0 Å². The number of fused-ring (bicyclic) bond motifs is 2. The van der Waals surface area contributed by atoms with Gasteiger partial charge in [-0.05, 0) is 18.6 Å². The second kappa shape index (κ2) is 6.48. The number of imidazole rings is 1. The Labute approximate surface area is 160 Å². The molecule has 0 fully saturated rings. The maximum atomic E-state index is 4.41. The molecule has 5 aromatic rings. The number of aromatic amines is 1. The topological polar surface area (TPSA) is 66.5 Å². The highest BCUT2D eigenvalue weighted by Gasteiger charge is 2.20. The zero-order valence-corrected chi connectivity index (χ0v) is 15.5. The first-order valence-electron chi connectivity index (χ1n) is 8.79. The summed E-state index contributed by atoms with van der Waals surface area (Å²) < 4.78 is 1.29. The van der Waals surface area contributed by atoms with Crippen LogP contribution in [0.25, 0.3) is 32.4 Å². The average molecular weight is 371 g/mol. The molecule has 0 aliphatic rings. The van der Waals surface area contributed by atoms with Gasteiger partial charge in [0, 0.05) is 20.5 Å². The van der Waals surface area contributed by atoms with Crippen LogP contribution in [-0.4, -0.2) is 19.9 Å². The molecule has 0 aliphatic carbocycles. The molecule has 1 unspecified atom stereocenters. The maximum absolute atomic E-state index is 4.41. The van der Waals surface area contributed by atoms with E-state index in [0.29, 0.717) is 5.65 Å². The van der Waals surface area contributed by atoms with E-state index in [1.54, 1.807) is 12.7 Å². The summed E-state index contributed by atoms with van der Waals surface area (Å²) in [5, 5.41) is 4.83. The Hall–Kier alpha value is -3.25. The van der Waals surface area contributed by atoms with Gasteiger partial charge < -0.3 is 10.3 Å². The highest BCUT2D eigenvalue weighted by molar-refractivity contribution is 7.19. The van der Waals surface area contributed by atoms with Crippen LogP contribution in [0.2, 0.25) is 0 Å². The van der Waals surface area contributed by atoms with Crippen molar-refractivity contribution in [3.8, 4) is 11.1 Å². The van der Waals surface area contributed by atoms with Crippen LogP contribution < -0.4 is 5.32 Å². The molecule has 2 N–H and O–H groups in total. The number of rotatable bonds is 4. The molecule has 132 valence electrons. The summed E-state index contributed by atoms with van der Waals surface area (Å²) in [7, 11) is 0. The molecular formula is C21H17N5S. The Morgan fingerprint density at radius 3 is 2.67 bits per heavy atom. The van der Waals surface area contributed by atoms with E-state index < -0.39 is 0 Å². The van der Waals surface area contributed by atoms with Gasteiger partial charge in [-0.25, -0.2) is 15.0 Å². The number of aromatic nitrogens is 4. The van der Waals surface area contributed by atoms with E-state index in [1.807, 2.05) is 11.3 Å². The highest BCUT2D eigenvalue weighted by atomic mass is 32.1. The molecule has 27 heavy (non-hydrogen) atoms. The van der Waals surface area contributed by atoms with Crippen molar-refractivity contribution in [2.75, 3.05) is 5.32 Å². The molecule has 0 saturated heterocycles. The number of thiophene rings is 1. The number of hydrogen-bond donors (Lipinski definition) is 2. The Bertz CT molecular complexity index is 1230. The lowest BCUT2D eigenvalue weighted by Crippen LogP contribution is -2.08. The van der Waals surface area contributed by atoms with Crippen LogP contribution in [-0.2, 0) is 0 Å². The molecule has 0 spiro atoms. The highest BCUT2D eigenvalue weighted by Crippen LogP contribution is 2.42. The number of nitrogens with zero attached hydrogens (tertiary/aromatic N) is 3. The normalized spacial score (nSPS) is 12.5. The molecule has 0 saturated carbocycles. The van der Waals surface area contributed by atoms with E-state index in [-0.39, 0.29) is 6.04 Å².